The maximum absolute atomic E-state index is 12.1. The summed E-state index contributed by atoms with van der Waals surface area (Å²) in [5.74, 6) is -0.0820. The van der Waals surface area contributed by atoms with Crippen molar-refractivity contribution in [1.29, 1.82) is 0 Å². The Morgan fingerprint density at radius 3 is 2.87 bits per heavy atom. The van der Waals surface area contributed by atoms with Gasteiger partial charge in [0.05, 0.1) is 11.1 Å². The van der Waals surface area contributed by atoms with Crippen LogP contribution in [0.2, 0.25) is 0 Å². The van der Waals surface area contributed by atoms with Crippen LogP contribution in [-0.2, 0) is 12.8 Å². The fourth-order valence-corrected chi connectivity index (χ4v) is 3.45. The Kier molecular flexibility index (Phi) is 5.38. The van der Waals surface area contributed by atoms with E-state index in [-0.39, 0.29) is 17.9 Å². The number of aryl methyl sites for hydroxylation is 2. The molecule has 6 heteroatoms. The first kappa shape index (κ1) is 16.1. The predicted octanol–water partition coefficient (Wildman–Crippen LogP) is 1.24. The molecule has 122 valence electrons. The first-order valence-corrected chi connectivity index (χ1v) is 8.75. The van der Waals surface area contributed by atoms with Gasteiger partial charge < -0.3 is 15.7 Å². The predicted molar refractivity (Wildman–Crippen MR) is 90.7 cm³/mol. The lowest BCUT2D eigenvalue weighted by Gasteiger charge is -2.13. The van der Waals surface area contributed by atoms with Crippen molar-refractivity contribution in [2.24, 2.45) is 5.92 Å². The second-order valence-electron chi connectivity index (χ2n) is 5.81. The molecule has 0 bridgehead atoms. The number of aliphatic hydroxyl groups is 1. The second-order valence-corrected chi connectivity index (χ2v) is 6.75. The van der Waals surface area contributed by atoms with E-state index in [0.29, 0.717) is 18.8 Å². The molecule has 0 saturated carbocycles. The molecule has 1 fully saturated rings. The van der Waals surface area contributed by atoms with Gasteiger partial charge in [0.25, 0.3) is 5.91 Å². The molecule has 3 rings (SSSR count). The number of thiazole rings is 1. The summed E-state index contributed by atoms with van der Waals surface area (Å²) < 4.78 is 0. The van der Waals surface area contributed by atoms with E-state index in [1.165, 1.54) is 16.9 Å². The molecule has 2 aromatic rings. The quantitative estimate of drug-likeness (QED) is 0.744. The molecule has 1 saturated heterocycles. The Hall–Kier alpha value is -1.76. The normalized spacial score (nSPS) is 20.6. The van der Waals surface area contributed by atoms with Gasteiger partial charge in [-0.15, -0.1) is 11.3 Å². The number of benzene rings is 1. The third kappa shape index (κ3) is 4.37. The second kappa shape index (κ2) is 7.68. The van der Waals surface area contributed by atoms with Gasteiger partial charge in [0.1, 0.15) is 5.69 Å². The van der Waals surface area contributed by atoms with Crippen LogP contribution in [0.4, 0.5) is 0 Å². The monoisotopic (exact) mass is 331 g/mol. The zero-order valence-corrected chi connectivity index (χ0v) is 13.7. The number of carbonyl (C=O) groups excluding carboxylic acids is 1. The van der Waals surface area contributed by atoms with Crippen LogP contribution in [0.5, 0.6) is 0 Å². The van der Waals surface area contributed by atoms with Gasteiger partial charge in [-0.05, 0) is 12.0 Å². The highest BCUT2D eigenvalue weighted by molar-refractivity contribution is 7.09. The van der Waals surface area contributed by atoms with Crippen molar-refractivity contribution < 1.29 is 9.90 Å². The van der Waals surface area contributed by atoms with E-state index in [4.69, 9.17) is 0 Å². The van der Waals surface area contributed by atoms with Gasteiger partial charge >= 0.3 is 0 Å². The number of nitrogens with zero attached hydrogens (tertiary/aromatic N) is 1. The van der Waals surface area contributed by atoms with E-state index in [1.807, 2.05) is 18.2 Å². The van der Waals surface area contributed by atoms with E-state index in [2.05, 4.69) is 27.8 Å². The minimum absolute atomic E-state index is 0.0788. The Morgan fingerprint density at radius 1 is 1.30 bits per heavy atom. The van der Waals surface area contributed by atoms with Crippen molar-refractivity contribution >= 4 is 17.2 Å². The fraction of sp³-hybridized carbons (Fsp3) is 0.412. The number of hydrogen-bond donors (Lipinski definition) is 3. The number of β-amino-alcohol motifs (C(OH)–C–C–N with tert-alkyl or cyclic N) is 1. The molecule has 3 N–H and O–H groups in total. The van der Waals surface area contributed by atoms with Gasteiger partial charge in [-0.1, -0.05) is 30.3 Å². The molecule has 0 aliphatic carbocycles. The van der Waals surface area contributed by atoms with E-state index < -0.39 is 0 Å². The highest BCUT2D eigenvalue weighted by atomic mass is 32.1. The lowest BCUT2D eigenvalue weighted by atomic mass is 10.1. The molecule has 0 radical (unpaired) electrons. The van der Waals surface area contributed by atoms with Crippen LogP contribution in [0.1, 0.15) is 21.1 Å². The molecule has 1 aliphatic rings. The number of rotatable bonds is 6. The number of aromatic nitrogens is 1. The first-order chi connectivity index (χ1) is 11.2. The minimum Gasteiger partial charge on any atom is -0.391 e. The molecule has 2 atom stereocenters. The molecule has 2 heterocycles. The van der Waals surface area contributed by atoms with E-state index in [1.54, 1.807) is 5.38 Å². The maximum Gasteiger partial charge on any atom is 0.270 e. The average Bonchev–Trinajstić information content (AvgIpc) is 3.21. The van der Waals surface area contributed by atoms with Crippen LogP contribution in [0.25, 0.3) is 0 Å². The summed E-state index contributed by atoms with van der Waals surface area (Å²) in [6.45, 7) is 1.81. The van der Waals surface area contributed by atoms with Crippen LogP contribution >= 0.6 is 11.3 Å². The SMILES string of the molecule is O=C(NCC1CNCC1O)c1csc(CCc2ccccc2)n1. The summed E-state index contributed by atoms with van der Waals surface area (Å²) >= 11 is 1.52. The van der Waals surface area contributed by atoms with E-state index >= 15 is 0 Å². The maximum atomic E-state index is 12.1. The Balaban J connectivity index is 1.49. The molecular weight excluding hydrogens is 310 g/mol. The smallest absolute Gasteiger partial charge is 0.270 e. The van der Waals surface area contributed by atoms with Gasteiger partial charge in [0.15, 0.2) is 0 Å². The molecule has 1 aromatic carbocycles. The number of hydrogen-bond acceptors (Lipinski definition) is 5. The number of nitrogens with one attached hydrogen (secondary N) is 2. The summed E-state index contributed by atoms with van der Waals surface area (Å²) in [5, 5.41) is 18.5. The first-order valence-electron chi connectivity index (χ1n) is 7.87. The van der Waals surface area contributed by atoms with Crippen molar-refractivity contribution in [3.63, 3.8) is 0 Å². The molecule has 2 unspecified atom stereocenters. The summed E-state index contributed by atoms with van der Waals surface area (Å²) in [4.78, 5) is 16.5. The Labute approximate surface area is 139 Å². The largest absolute Gasteiger partial charge is 0.391 e. The molecule has 1 aromatic heterocycles. The van der Waals surface area contributed by atoms with Crippen LogP contribution in [0, 0.1) is 5.92 Å². The van der Waals surface area contributed by atoms with Gasteiger partial charge in [0.2, 0.25) is 0 Å². The third-order valence-corrected chi connectivity index (χ3v) is 4.99. The molecular formula is C17H21N3O2S. The summed E-state index contributed by atoms with van der Waals surface area (Å²) in [7, 11) is 0. The standard InChI is InChI=1S/C17H21N3O2S/c21-15-10-18-8-13(15)9-19-17(22)14-11-23-16(20-14)7-6-12-4-2-1-3-5-12/h1-5,11,13,15,18,21H,6-10H2,(H,19,22). The topological polar surface area (TPSA) is 74.2 Å². The average molecular weight is 331 g/mol. The van der Waals surface area contributed by atoms with Crippen molar-refractivity contribution in [3.05, 3.63) is 52.0 Å². The van der Waals surface area contributed by atoms with Crippen molar-refractivity contribution in [3.8, 4) is 0 Å². The lowest BCUT2D eigenvalue weighted by molar-refractivity contribution is 0.0922. The van der Waals surface area contributed by atoms with Crippen LogP contribution in [-0.4, -0.2) is 41.7 Å². The minimum atomic E-state index is -0.382. The molecule has 1 amide bonds. The lowest BCUT2D eigenvalue weighted by Crippen LogP contribution is -2.34. The van der Waals surface area contributed by atoms with Gasteiger partial charge in [-0.25, -0.2) is 4.98 Å². The summed E-state index contributed by atoms with van der Waals surface area (Å²) in [6, 6.07) is 10.3. The Bertz CT molecular complexity index is 644. The van der Waals surface area contributed by atoms with Crippen molar-refractivity contribution in [2.45, 2.75) is 18.9 Å². The zero-order chi connectivity index (χ0) is 16.1. The van der Waals surface area contributed by atoms with Gasteiger partial charge in [0, 0.05) is 37.4 Å². The molecule has 1 aliphatic heterocycles. The number of aliphatic hydroxyl groups excluding tert-OH is 1. The van der Waals surface area contributed by atoms with Gasteiger partial charge in [-0.3, -0.25) is 4.79 Å². The summed E-state index contributed by atoms with van der Waals surface area (Å²) in [6.07, 6.45) is 1.38. The third-order valence-electron chi connectivity index (χ3n) is 4.08. The summed E-state index contributed by atoms with van der Waals surface area (Å²) in [5.41, 5.74) is 1.75. The Morgan fingerprint density at radius 2 is 2.13 bits per heavy atom. The van der Waals surface area contributed by atoms with E-state index in [0.717, 1.165) is 24.4 Å². The molecule has 23 heavy (non-hydrogen) atoms. The highest BCUT2D eigenvalue weighted by Crippen LogP contribution is 2.14. The van der Waals surface area contributed by atoms with Gasteiger partial charge in [-0.2, -0.15) is 0 Å². The molecule has 0 spiro atoms. The van der Waals surface area contributed by atoms with E-state index in [9.17, 15) is 9.90 Å². The van der Waals surface area contributed by atoms with Crippen LogP contribution < -0.4 is 10.6 Å². The number of amides is 1. The highest BCUT2D eigenvalue weighted by Gasteiger charge is 2.25. The van der Waals surface area contributed by atoms with Crippen molar-refractivity contribution in [2.75, 3.05) is 19.6 Å². The molecule has 5 nitrogen and oxygen atoms in total. The zero-order valence-electron chi connectivity index (χ0n) is 12.9. The van der Waals surface area contributed by atoms with Crippen molar-refractivity contribution in [1.82, 2.24) is 15.6 Å². The van der Waals surface area contributed by atoms with Crippen LogP contribution in [0.15, 0.2) is 35.7 Å². The fourth-order valence-electron chi connectivity index (χ4n) is 2.67. The number of carbonyl (C=O) groups is 1. The van der Waals surface area contributed by atoms with Crippen LogP contribution in [0.3, 0.4) is 0 Å².